The first-order valence-corrected chi connectivity index (χ1v) is 15.4. The smallest absolute Gasteiger partial charge is 0.343 e. The van der Waals surface area contributed by atoms with E-state index in [0.717, 1.165) is 44.3 Å². The van der Waals surface area contributed by atoms with Crippen LogP contribution in [0.3, 0.4) is 0 Å². The van der Waals surface area contributed by atoms with E-state index in [0.29, 0.717) is 30.3 Å². The molecule has 220 valence electrons. The van der Waals surface area contributed by atoms with Crippen molar-refractivity contribution < 1.29 is 28.2 Å². The number of esters is 2. The molecule has 40 heavy (non-hydrogen) atoms. The Hall–Kier alpha value is -2.89. The number of carbonyl (C=O) groups is 2. The SMILES string of the molecule is CCCCCCCCCOc1ccc(C(=O)Oc2ccc([C@H]3CC[C@H](OC(=O)[C@@H](F)CCCC)CC3)cc2)cc1. The highest BCUT2D eigenvalue weighted by Gasteiger charge is 2.27. The summed E-state index contributed by atoms with van der Waals surface area (Å²) in [6.07, 6.45) is 12.0. The minimum Gasteiger partial charge on any atom is -0.494 e. The van der Waals surface area contributed by atoms with Crippen LogP contribution in [0.2, 0.25) is 0 Å². The zero-order valence-electron chi connectivity index (χ0n) is 24.4. The molecular weight excluding hydrogens is 507 g/mol. The molecule has 1 saturated carbocycles. The third-order valence-corrected chi connectivity index (χ3v) is 7.69. The minimum absolute atomic E-state index is 0.207. The largest absolute Gasteiger partial charge is 0.494 e. The Morgan fingerprint density at radius 2 is 1.38 bits per heavy atom. The molecule has 0 amide bonds. The Labute approximate surface area is 239 Å². The summed E-state index contributed by atoms with van der Waals surface area (Å²) in [5.41, 5.74) is 1.64. The lowest BCUT2D eigenvalue weighted by atomic mass is 9.83. The second-order valence-electron chi connectivity index (χ2n) is 11.0. The highest BCUT2D eigenvalue weighted by molar-refractivity contribution is 5.91. The molecule has 0 spiro atoms. The van der Waals surface area contributed by atoms with Crippen LogP contribution in [0.15, 0.2) is 48.5 Å². The van der Waals surface area contributed by atoms with E-state index < -0.39 is 18.1 Å². The molecule has 0 N–H and O–H groups in total. The van der Waals surface area contributed by atoms with Gasteiger partial charge in [-0.1, -0.05) is 77.3 Å². The lowest BCUT2D eigenvalue weighted by molar-refractivity contribution is -0.157. The predicted molar refractivity (Wildman–Crippen MR) is 157 cm³/mol. The van der Waals surface area contributed by atoms with Crippen molar-refractivity contribution in [3.05, 3.63) is 59.7 Å². The van der Waals surface area contributed by atoms with E-state index >= 15 is 0 Å². The third-order valence-electron chi connectivity index (χ3n) is 7.69. The van der Waals surface area contributed by atoms with Crippen LogP contribution >= 0.6 is 0 Å². The summed E-state index contributed by atoms with van der Waals surface area (Å²) in [4.78, 5) is 24.6. The number of ether oxygens (including phenoxy) is 3. The van der Waals surface area contributed by atoms with Crippen LogP contribution in [0.4, 0.5) is 4.39 Å². The van der Waals surface area contributed by atoms with Gasteiger partial charge in [-0.25, -0.2) is 14.0 Å². The van der Waals surface area contributed by atoms with Gasteiger partial charge in [-0.3, -0.25) is 0 Å². The lowest BCUT2D eigenvalue weighted by Crippen LogP contribution is -2.28. The van der Waals surface area contributed by atoms with Crippen molar-refractivity contribution in [2.24, 2.45) is 0 Å². The molecule has 2 aromatic rings. The van der Waals surface area contributed by atoms with Crippen LogP contribution in [-0.4, -0.2) is 30.8 Å². The molecule has 0 aromatic heterocycles. The van der Waals surface area contributed by atoms with Crippen LogP contribution in [0.5, 0.6) is 11.5 Å². The number of alkyl halides is 1. The maximum Gasteiger partial charge on any atom is 0.343 e. The third kappa shape index (κ3) is 10.9. The summed E-state index contributed by atoms with van der Waals surface area (Å²) in [5, 5.41) is 0. The van der Waals surface area contributed by atoms with Crippen molar-refractivity contribution in [3.63, 3.8) is 0 Å². The number of unbranched alkanes of at least 4 members (excludes halogenated alkanes) is 7. The van der Waals surface area contributed by atoms with E-state index in [-0.39, 0.29) is 12.5 Å². The summed E-state index contributed by atoms with van der Waals surface area (Å²) in [7, 11) is 0. The first-order chi connectivity index (χ1) is 19.5. The first-order valence-electron chi connectivity index (χ1n) is 15.4. The molecule has 0 bridgehead atoms. The van der Waals surface area contributed by atoms with Gasteiger partial charge in [-0.05, 0) is 86.4 Å². The predicted octanol–water partition coefficient (Wildman–Crippen LogP) is 9.13. The summed E-state index contributed by atoms with van der Waals surface area (Å²) in [5.74, 6) is 0.483. The molecule has 5 nitrogen and oxygen atoms in total. The summed E-state index contributed by atoms with van der Waals surface area (Å²) in [6, 6.07) is 14.7. The molecule has 6 heteroatoms. The maximum atomic E-state index is 13.9. The topological polar surface area (TPSA) is 61.8 Å². The van der Waals surface area contributed by atoms with Crippen LogP contribution in [-0.2, 0) is 9.53 Å². The molecule has 0 radical (unpaired) electrons. The zero-order valence-corrected chi connectivity index (χ0v) is 24.4. The van der Waals surface area contributed by atoms with Gasteiger partial charge in [0.05, 0.1) is 12.2 Å². The highest BCUT2D eigenvalue weighted by atomic mass is 19.1. The summed E-state index contributed by atoms with van der Waals surface area (Å²) < 4.78 is 30.7. The minimum atomic E-state index is -1.51. The molecular formula is C34H47FO5. The average molecular weight is 555 g/mol. The Morgan fingerprint density at radius 1 is 0.775 bits per heavy atom. The maximum absolute atomic E-state index is 13.9. The van der Waals surface area contributed by atoms with Gasteiger partial charge in [0.1, 0.15) is 17.6 Å². The van der Waals surface area contributed by atoms with Gasteiger partial charge in [-0.15, -0.1) is 0 Å². The van der Waals surface area contributed by atoms with Crippen LogP contribution in [0, 0.1) is 0 Å². The van der Waals surface area contributed by atoms with Crippen LogP contribution < -0.4 is 9.47 Å². The van der Waals surface area contributed by atoms with Crippen molar-refractivity contribution in [2.75, 3.05) is 6.61 Å². The lowest BCUT2D eigenvalue weighted by Gasteiger charge is -2.29. The Morgan fingerprint density at radius 3 is 2.02 bits per heavy atom. The van der Waals surface area contributed by atoms with E-state index in [1.165, 1.54) is 44.1 Å². The second-order valence-corrected chi connectivity index (χ2v) is 11.0. The van der Waals surface area contributed by atoms with Crippen molar-refractivity contribution >= 4 is 11.9 Å². The van der Waals surface area contributed by atoms with Gasteiger partial charge in [0.2, 0.25) is 0 Å². The van der Waals surface area contributed by atoms with E-state index in [1.54, 1.807) is 12.1 Å². The fourth-order valence-corrected chi connectivity index (χ4v) is 5.16. The number of benzene rings is 2. The van der Waals surface area contributed by atoms with Gasteiger partial charge in [0.25, 0.3) is 0 Å². The van der Waals surface area contributed by atoms with E-state index in [2.05, 4.69) is 6.92 Å². The standard InChI is InChI=1S/C34H47FO5/c1-3-5-7-8-9-10-11-25-38-29-19-17-28(18-20-29)33(36)39-30-21-13-26(14-22-30)27-15-23-31(24-16-27)40-34(37)32(35)12-6-4-2/h13-14,17-22,27,31-32H,3-12,15-16,23-25H2,1-2H3/t27-,31-,32-/m0/s1. The number of rotatable bonds is 17. The van der Waals surface area contributed by atoms with E-state index in [9.17, 15) is 14.0 Å². The van der Waals surface area contributed by atoms with Gasteiger partial charge >= 0.3 is 11.9 Å². The molecule has 0 saturated heterocycles. The zero-order chi connectivity index (χ0) is 28.6. The van der Waals surface area contributed by atoms with Crippen molar-refractivity contribution in [2.45, 2.75) is 122 Å². The summed E-state index contributed by atoms with van der Waals surface area (Å²) >= 11 is 0. The summed E-state index contributed by atoms with van der Waals surface area (Å²) in [6.45, 7) is 4.89. The second kappa shape index (κ2) is 17.7. The molecule has 0 aliphatic heterocycles. The molecule has 1 atom stereocenters. The van der Waals surface area contributed by atoms with Gasteiger partial charge in [0.15, 0.2) is 6.17 Å². The fraction of sp³-hybridized carbons (Fsp3) is 0.588. The molecule has 1 fully saturated rings. The average Bonchev–Trinajstić information content (AvgIpc) is 2.98. The van der Waals surface area contributed by atoms with Gasteiger partial charge in [0, 0.05) is 0 Å². The molecule has 0 unspecified atom stereocenters. The van der Waals surface area contributed by atoms with E-state index in [1.807, 2.05) is 43.3 Å². The fourth-order valence-electron chi connectivity index (χ4n) is 5.16. The molecule has 0 heterocycles. The van der Waals surface area contributed by atoms with Crippen molar-refractivity contribution in [3.8, 4) is 11.5 Å². The van der Waals surface area contributed by atoms with Gasteiger partial charge in [-0.2, -0.15) is 0 Å². The monoisotopic (exact) mass is 554 g/mol. The number of hydrogen-bond donors (Lipinski definition) is 0. The molecule has 1 aliphatic carbocycles. The Kier molecular flexibility index (Phi) is 14.0. The normalized spacial score (nSPS) is 17.7. The van der Waals surface area contributed by atoms with E-state index in [4.69, 9.17) is 14.2 Å². The molecule has 1 aliphatic rings. The molecule has 2 aromatic carbocycles. The van der Waals surface area contributed by atoms with Gasteiger partial charge < -0.3 is 14.2 Å². The van der Waals surface area contributed by atoms with Crippen LogP contribution in [0.1, 0.15) is 126 Å². The van der Waals surface area contributed by atoms with Crippen molar-refractivity contribution in [1.29, 1.82) is 0 Å². The Bertz CT molecular complexity index is 996. The molecule has 3 rings (SSSR count). The quantitative estimate of drug-likeness (QED) is 0.111. The first kappa shape index (κ1) is 31.6. The Balaban J connectivity index is 1.36. The number of hydrogen-bond acceptors (Lipinski definition) is 5. The van der Waals surface area contributed by atoms with Crippen LogP contribution in [0.25, 0.3) is 0 Å². The van der Waals surface area contributed by atoms with Crippen molar-refractivity contribution in [1.82, 2.24) is 0 Å². The highest BCUT2D eigenvalue weighted by Crippen LogP contribution is 2.35. The number of carbonyl (C=O) groups excluding carboxylic acids is 2. The number of halogens is 1.